The third-order valence-corrected chi connectivity index (χ3v) is 7.18. The maximum atomic E-state index is 13.7. The van der Waals surface area contributed by atoms with E-state index in [0.717, 1.165) is 6.07 Å². The highest BCUT2D eigenvalue weighted by Gasteiger charge is 2.45. The molecule has 0 radical (unpaired) electrons. The predicted octanol–water partition coefficient (Wildman–Crippen LogP) is -1.74. The molecule has 0 bridgehead atoms. The molecule has 2 aliphatic heterocycles. The standard InChI is InChI=1S/C27H30O15/c1-9-17(31)20(34)22(36)26(38-9)42-25-19(33)16-13(30)6-12(39-27-23(37)21(35)18(32)15(8-28)41-27)7-14(16)40-24(25)10-2-4-11(29)5-3-10/h2-7,9,15,17-18,20-23,26-32,34-37H,8H2,1H3/t9-,15+,17-,18+,20+,21-,22+,23+,26-,27+/m0/s1. The molecule has 9 N–H and O–H groups in total. The van der Waals surface area contributed by atoms with E-state index in [0.29, 0.717) is 0 Å². The molecule has 0 saturated carbocycles. The number of hydrogen-bond acceptors (Lipinski definition) is 15. The van der Waals surface area contributed by atoms with Gasteiger partial charge in [-0.2, -0.15) is 0 Å². The highest BCUT2D eigenvalue weighted by Crippen LogP contribution is 2.38. The molecule has 3 heterocycles. The molecular formula is C27H30O15. The zero-order valence-corrected chi connectivity index (χ0v) is 21.9. The van der Waals surface area contributed by atoms with Crippen LogP contribution in [0.25, 0.3) is 22.3 Å². The molecule has 3 aromatic rings. The van der Waals surface area contributed by atoms with Gasteiger partial charge >= 0.3 is 0 Å². The van der Waals surface area contributed by atoms with Crippen molar-refractivity contribution in [2.45, 2.75) is 68.3 Å². The number of aliphatic hydroxyl groups excluding tert-OH is 7. The summed E-state index contributed by atoms with van der Waals surface area (Å²) in [7, 11) is 0. The lowest BCUT2D eigenvalue weighted by Crippen LogP contribution is -2.60. The van der Waals surface area contributed by atoms with Crippen molar-refractivity contribution in [3.8, 4) is 34.3 Å². The van der Waals surface area contributed by atoms with Gasteiger partial charge in [-0.05, 0) is 31.2 Å². The lowest BCUT2D eigenvalue weighted by molar-refractivity contribution is -0.277. The topological polar surface area (TPSA) is 249 Å². The summed E-state index contributed by atoms with van der Waals surface area (Å²) < 4.78 is 28.0. The van der Waals surface area contributed by atoms with Crippen molar-refractivity contribution in [1.82, 2.24) is 0 Å². The van der Waals surface area contributed by atoms with Gasteiger partial charge in [0.15, 0.2) is 5.76 Å². The molecular weight excluding hydrogens is 564 g/mol. The Balaban J connectivity index is 1.58. The minimum absolute atomic E-state index is 0.103. The van der Waals surface area contributed by atoms with Crippen LogP contribution >= 0.6 is 0 Å². The quantitative estimate of drug-likeness (QED) is 0.154. The number of rotatable bonds is 6. The number of benzene rings is 2. The van der Waals surface area contributed by atoms with Crippen molar-refractivity contribution in [3.05, 3.63) is 46.6 Å². The Hall–Kier alpha value is -3.51. The van der Waals surface area contributed by atoms with Gasteiger partial charge in [0.2, 0.25) is 23.8 Å². The average molecular weight is 595 g/mol. The van der Waals surface area contributed by atoms with Gasteiger partial charge in [0.05, 0.1) is 12.7 Å². The van der Waals surface area contributed by atoms with Crippen molar-refractivity contribution in [3.63, 3.8) is 0 Å². The van der Waals surface area contributed by atoms with E-state index in [9.17, 15) is 50.8 Å². The first kappa shape index (κ1) is 30.0. The summed E-state index contributed by atoms with van der Waals surface area (Å²) in [5, 5.41) is 90.6. The summed E-state index contributed by atoms with van der Waals surface area (Å²) >= 11 is 0. The first-order valence-corrected chi connectivity index (χ1v) is 12.9. The summed E-state index contributed by atoms with van der Waals surface area (Å²) in [6, 6.07) is 7.53. The van der Waals surface area contributed by atoms with Crippen LogP contribution in [0.3, 0.4) is 0 Å². The number of aliphatic hydroxyl groups is 7. The van der Waals surface area contributed by atoms with Crippen LogP contribution in [-0.4, -0.2) is 114 Å². The van der Waals surface area contributed by atoms with Gasteiger partial charge in [-0.3, -0.25) is 4.79 Å². The maximum absolute atomic E-state index is 13.7. The van der Waals surface area contributed by atoms with Gasteiger partial charge in [0.25, 0.3) is 0 Å². The third-order valence-electron chi connectivity index (χ3n) is 7.18. The largest absolute Gasteiger partial charge is 0.508 e. The number of phenolic OH excluding ortho intramolecular Hbond substituents is 2. The van der Waals surface area contributed by atoms with Crippen molar-refractivity contribution in [2.24, 2.45) is 0 Å². The number of fused-ring (bicyclic) bond motifs is 1. The van der Waals surface area contributed by atoms with Gasteiger partial charge in [0.1, 0.15) is 70.9 Å². The van der Waals surface area contributed by atoms with Crippen LogP contribution in [0.5, 0.6) is 23.0 Å². The number of aromatic hydroxyl groups is 2. The summed E-state index contributed by atoms with van der Waals surface area (Å²) in [6.07, 6.45) is -15.5. The van der Waals surface area contributed by atoms with E-state index < -0.39 is 90.3 Å². The lowest BCUT2D eigenvalue weighted by atomic mass is 9.99. The molecule has 15 heteroatoms. The van der Waals surface area contributed by atoms with Crippen LogP contribution in [-0.2, 0) is 9.47 Å². The van der Waals surface area contributed by atoms with E-state index in [4.69, 9.17) is 23.4 Å². The number of phenols is 2. The van der Waals surface area contributed by atoms with Crippen molar-refractivity contribution in [2.75, 3.05) is 6.61 Å². The molecule has 0 amide bonds. The highest BCUT2D eigenvalue weighted by atomic mass is 16.7. The first-order valence-electron chi connectivity index (χ1n) is 12.9. The summed E-state index contributed by atoms with van der Waals surface area (Å²) in [5.74, 6) is -1.74. The molecule has 2 fully saturated rings. The van der Waals surface area contributed by atoms with Crippen molar-refractivity contribution in [1.29, 1.82) is 0 Å². The molecule has 1 aromatic heterocycles. The molecule has 0 spiro atoms. The van der Waals surface area contributed by atoms with Crippen LogP contribution in [0, 0.1) is 0 Å². The predicted molar refractivity (Wildman–Crippen MR) is 139 cm³/mol. The van der Waals surface area contributed by atoms with E-state index in [1.165, 1.54) is 37.3 Å². The Morgan fingerprint density at radius 3 is 2.05 bits per heavy atom. The van der Waals surface area contributed by atoms with Crippen molar-refractivity contribution < 1.29 is 69.3 Å². The van der Waals surface area contributed by atoms with E-state index >= 15 is 0 Å². The van der Waals surface area contributed by atoms with E-state index in [-0.39, 0.29) is 28.4 Å². The Kier molecular flexibility index (Phi) is 8.30. The van der Waals surface area contributed by atoms with E-state index in [1.807, 2.05) is 0 Å². The average Bonchev–Trinajstić information content (AvgIpc) is 2.96. The Morgan fingerprint density at radius 2 is 1.40 bits per heavy atom. The maximum Gasteiger partial charge on any atom is 0.239 e. The SMILES string of the molecule is C[C@@H]1O[C@@H](Oc2c(-c3ccc(O)cc3)oc3cc(O[C@@H]4O[C@H](CO)[C@@H](O)[C@H](O)[C@H]4O)cc(O)c3c2=O)[C@H](O)[C@H](O)[C@H]1O. The molecule has 2 aromatic carbocycles. The third kappa shape index (κ3) is 5.37. The molecule has 42 heavy (non-hydrogen) atoms. The van der Waals surface area contributed by atoms with Crippen LogP contribution in [0.2, 0.25) is 0 Å². The normalized spacial score (nSPS) is 33.4. The van der Waals surface area contributed by atoms with Crippen LogP contribution < -0.4 is 14.9 Å². The van der Waals surface area contributed by atoms with Gasteiger partial charge in [-0.15, -0.1) is 0 Å². The summed E-state index contributed by atoms with van der Waals surface area (Å²) in [4.78, 5) is 13.7. The van der Waals surface area contributed by atoms with Gasteiger partial charge in [0, 0.05) is 17.7 Å². The smallest absolute Gasteiger partial charge is 0.239 e. The Bertz CT molecular complexity index is 1470. The minimum Gasteiger partial charge on any atom is -0.508 e. The second-order valence-corrected chi connectivity index (χ2v) is 10.1. The van der Waals surface area contributed by atoms with Crippen LogP contribution in [0.1, 0.15) is 6.92 Å². The Labute approximate surface area is 236 Å². The second-order valence-electron chi connectivity index (χ2n) is 10.1. The van der Waals surface area contributed by atoms with E-state index in [2.05, 4.69) is 0 Å². The molecule has 2 saturated heterocycles. The van der Waals surface area contributed by atoms with Gasteiger partial charge < -0.3 is 69.3 Å². The molecule has 10 atom stereocenters. The van der Waals surface area contributed by atoms with Gasteiger partial charge in [-0.25, -0.2) is 0 Å². The molecule has 5 rings (SSSR count). The molecule has 15 nitrogen and oxygen atoms in total. The molecule has 2 aliphatic rings. The summed E-state index contributed by atoms with van der Waals surface area (Å²) in [6.45, 7) is 0.721. The fourth-order valence-corrected chi connectivity index (χ4v) is 4.76. The first-order chi connectivity index (χ1) is 19.9. The number of hydrogen-bond donors (Lipinski definition) is 9. The zero-order valence-electron chi connectivity index (χ0n) is 21.9. The Morgan fingerprint density at radius 1 is 0.786 bits per heavy atom. The minimum atomic E-state index is -1.78. The second kappa shape index (κ2) is 11.6. The fourth-order valence-electron chi connectivity index (χ4n) is 4.76. The monoisotopic (exact) mass is 594 g/mol. The molecule has 0 aliphatic carbocycles. The van der Waals surface area contributed by atoms with Gasteiger partial charge in [-0.1, -0.05) is 0 Å². The lowest BCUT2D eigenvalue weighted by Gasteiger charge is -2.39. The molecule has 0 unspecified atom stereocenters. The van der Waals surface area contributed by atoms with E-state index in [1.54, 1.807) is 0 Å². The van der Waals surface area contributed by atoms with Crippen molar-refractivity contribution >= 4 is 11.0 Å². The number of ether oxygens (including phenoxy) is 4. The summed E-state index contributed by atoms with van der Waals surface area (Å²) in [5.41, 5.74) is -0.968. The zero-order chi connectivity index (χ0) is 30.5. The van der Waals surface area contributed by atoms with Crippen LogP contribution in [0.15, 0.2) is 45.6 Å². The fraction of sp³-hybridized carbons (Fsp3) is 0.444. The molecule has 228 valence electrons. The highest BCUT2D eigenvalue weighted by molar-refractivity contribution is 5.88. The van der Waals surface area contributed by atoms with Crippen LogP contribution in [0.4, 0.5) is 0 Å².